The average molecular weight is 267 g/mol. The van der Waals surface area contributed by atoms with E-state index in [9.17, 15) is 0 Å². The van der Waals surface area contributed by atoms with E-state index in [0.717, 1.165) is 22.1 Å². The molecule has 0 bridgehead atoms. The Bertz CT molecular complexity index is 713. The van der Waals surface area contributed by atoms with E-state index < -0.39 is 0 Å². The van der Waals surface area contributed by atoms with Crippen molar-refractivity contribution in [1.29, 1.82) is 0 Å². The number of fused-ring (bicyclic) bond motifs is 1. The fourth-order valence-electron chi connectivity index (χ4n) is 2.63. The Morgan fingerprint density at radius 2 is 2.05 bits per heavy atom. The standard InChI is InChI=1S/C15H13N3S/c1-3-10-6-7-12(9-11(10)4-1)14-16-15(18-17-14)13-5-2-8-19-13/h2,5-9H,1,3-4H2,(H,16,17,18). The van der Waals surface area contributed by atoms with Gasteiger partial charge in [-0.3, -0.25) is 5.10 Å². The molecule has 0 aliphatic heterocycles. The van der Waals surface area contributed by atoms with Crippen molar-refractivity contribution in [1.82, 2.24) is 15.2 Å². The van der Waals surface area contributed by atoms with Crippen LogP contribution in [0.2, 0.25) is 0 Å². The summed E-state index contributed by atoms with van der Waals surface area (Å²) in [4.78, 5) is 5.72. The zero-order valence-corrected chi connectivity index (χ0v) is 11.2. The van der Waals surface area contributed by atoms with Crippen LogP contribution in [0.15, 0.2) is 35.7 Å². The van der Waals surface area contributed by atoms with Crippen molar-refractivity contribution in [3.05, 3.63) is 46.8 Å². The van der Waals surface area contributed by atoms with E-state index >= 15 is 0 Å². The highest BCUT2D eigenvalue weighted by Crippen LogP contribution is 2.28. The number of H-pyrrole nitrogens is 1. The number of aromatic amines is 1. The number of thiophene rings is 1. The minimum Gasteiger partial charge on any atom is -0.258 e. The van der Waals surface area contributed by atoms with E-state index in [1.54, 1.807) is 11.3 Å². The van der Waals surface area contributed by atoms with Crippen molar-refractivity contribution in [2.75, 3.05) is 0 Å². The molecule has 0 amide bonds. The Hall–Kier alpha value is -1.94. The fourth-order valence-corrected chi connectivity index (χ4v) is 3.29. The molecule has 3 nitrogen and oxygen atoms in total. The van der Waals surface area contributed by atoms with Gasteiger partial charge in [0.15, 0.2) is 11.6 Å². The van der Waals surface area contributed by atoms with Crippen LogP contribution in [-0.4, -0.2) is 15.2 Å². The second-order valence-electron chi connectivity index (χ2n) is 4.82. The molecular weight excluding hydrogens is 254 g/mol. The number of nitrogens with one attached hydrogen (secondary N) is 1. The molecule has 4 heteroatoms. The highest BCUT2D eigenvalue weighted by atomic mass is 32.1. The molecule has 4 rings (SSSR count). The molecule has 0 fully saturated rings. The second-order valence-corrected chi connectivity index (χ2v) is 5.77. The van der Waals surface area contributed by atoms with Crippen LogP contribution in [-0.2, 0) is 12.8 Å². The van der Waals surface area contributed by atoms with Gasteiger partial charge in [-0.25, -0.2) is 4.98 Å². The predicted octanol–water partition coefficient (Wildman–Crippen LogP) is 3.69. The van der Waals surface area contributed by atoms with Gasteiger partial charge in [0, 0.05) is 5.56 Å². The Kier molecular flexibility index (Phi) is 2.48. The van der Waals surface area contributed by atoms with Crippen LogP contribution in [0.25, 0.3) is 22.1 Å². The molecule has 2 aromatic heterocycles. The number of nitrogens with zero attached hydrogens (tertiary/aromatic N) is 2. The van der Waals surface area contributed by atoms with Gasteiger partial charge in [0.2, 0.25) is 0 Å². The fraction of sp³-hybridized carbons (Fsp3) is 0.200. The summed E-state index contributed by atoms with van der Waals surface area (Å²) in [5, 5.41) is 9.41. The van der Waals surface area contributed by atoms with Crippen LogP contribution in [0.1, 0.15) is 17.5 Å². The molecule has 2 heterocycles. The third kappa shape index (κ3) is 1.88. The van der Waals surface area contributed by atoms with Gasteiger partial charge in [-0.2, -0.15) is 5.10 Å². The third-order valence-corrected chi connectivity index (χ3v) is 4.47. The van der Waals surface area contributed by atoms with Gasteiger partial charge in [-0.1, -0.05) is 18.2 Å². The van der Waals surface area contributed by atoms with E-state index in [0.29, 0.717) is 0 Å². The maximum Gasteiger partial charge on any atom is 0.181 e. The minimum atomic E-state index is 0.790. The first-order valence-electron chi connectivity index (χ1n) is 6.48. The highest BCUT2D eigenvalue weighted by Gasteiger charge is 2.14. The Morgan fingerprint density at radius 3 is 2.95 bits per heavy atom. The second kappa shape index (κ2) is 4.31. The summed E-state index contributed by atoms with van der Waals surface area (Å²) in [5.41, 5.74) is 4.05. The van der Waals surface area contributed by atoms with Gasteiger partial charge in [-0.15, -0.1) is 11.3 Å². The highest BCUT2D eigenvalue weighted by molar-refractivity contribution is 7.13. The lowest BCUT2D eigenvalue weighted by Crippen LogP contribution is -1.86. The van der Waals surface area contributed by atoms with Crippen LogP contribution in [0.5, 0.6) is 0 Å². The maximum absolute atomic E-state index is 4.59. The first-order valence-corrected chi connectivity index (χ1v) is 7.36. The van der Waals surface area contributed by atoms with Crippen molar-refractivity contribution in [3.8, 4) is 22.1 Å². The number of hydrogen-bond acceptors (Lipinski definition) is 3. The molecule has 0 radical (unpaired) electrons. The van der Waals surface area contributed by atoms with Crippen LogP contribution in [0.4, 0.5) is 0 Å². The quantitative estimate of drug-likeness (QED) is 0.769. The molecule has 0 spiro atoms. The van der Waals surface area contributed by atoms with Gasteiger partial charge in [0.1, 0.15) is 0 Å². The van der Waals surface area contributed by atoms with Crippen LogP contribution < -0.4 is 0 Å². The number of hydrogen-bond donors (Lipinski definition) is 1. The number of benzene rings is 1. The lowest BCUT2D eigenvalue weighted by molar-refractivity contribution is 0.912. The van der Waals surface area contributed by atoms with Crippen molar-refractivity contribution < 1.29 is 0 Å². The topological polar surface area (TPSA) is 41.6 Å². The summed E-state index contributed by atoms with van der Waals surface area (Å²) >= 11 is 1.67. The molecule has 94 valence electrons. The average Bonchev–Trinajstić information content (AvgIpc) is 3.18. The zero-order valence-electron chi connectivity index (χ0n) is 10.4. The largest absolute Gasteiger partial charge is 0.258 e. The molecule has 0 saturated carbocycles. The van der Waals surface area contributed by atoms with Crippen LogP contribution >= 0.6 is 11.3 Å². The first kappa shape index (κ1) is 10.9. The van der Waals surface area contributed by atoms with E-state index in [-0.39, 0.29) is 0 Å². The maximum atomic E-state index is 4.59. The van der Waals surface area contributed by atoms with Crippen molar-refractivity contribution in [3.63, 3.8) is 0 Å². The van der Waals surface area contributed by atoms with E-state index in [1.165, 1.54) is 30.4 Å². The molecule has 1 N–H and O–H groups in total. The molecule has 0 unspecified atom stereocenters. The summed E-state index contributed by atoms with van der Waals surface area (Å²) in [7, 11) is 0. The first-order chi connectivity index (χ1) is 9.40. The summed E-state index contributed by atoms with van der Waals surface area (Å²) in [6.45, 7) is 0. The molecule has 1 aliphatic carbocycles. The smallest absolute Gasteiger partial charge is 0.181 e. The van der Waals surface area contributed by atoms with Gasteiger partial charge in [0.05, 0.1) is 4.88 Å². The SMILES string of the molecule is c1csc(-c2nc(-c3ccc4c(c3)CCC4)n[nH]2)c1. The van der Waals surface area contributed by atoms with E-state index in [1.807, 2.05) is 11.4 Å². The van der Waals surface area contributed by atoms with Crippen molar-refractivity contribution >= 4 is 11.3 Å². The van der Waals surface area contributed by atoms with Gasteiger partial charge < -0.3 is 0 Å². The summed E-state index contributed by atoms with van der Waals surface area (Å²) in [6.07, 6.45) is 3.67. The van der Waals surface area contributed by atoms with Gasteiger partial charge in [-0.05, 0) is 47.9 Å². The summed E-state index contributed by atoms with van der Waals surface area (Å²) in [5.74, 6) is 1.64. The lowest BCUT2D eigenvalue weighted by atomic mass is 10.1. The van der Waals surface area contributed by atoms with Gasteiger partial charge in [0.25, 0.3) is 0 Å². The van der Waals surface area contributed by atoms with Crippen molar-refractivity contribution in [2.45, 2.75) is 19.3 Å². The third-order valence-electron chi connectivity index (χ3n) is 3.60. The Labute approximate surface area is 115 Å². The number of aromatic nitrogens is 3. The molecule has 1 aromatic carbocycles. The number of rotatable bonds is 2. The Morgan fingerprint density at radius 1 is 1.11 bits per heavy atom. The predicted molar refractivity (Wildman–Crippen MR) is 77.2 cm³/mol. The molecule has 19 heavy (non-hydrogen) atoms. The molecule has 0 atom stereocenters. The normalized spacial score (nSPS) is 13.7. The lowest BCUT2D eigenvalue weighted by Gasteiger charge is -2.00. The zero-order chi connectivity index (χ0) is 12.7. The summed E-state index contributed by atoms with van der Waals surface area (Å²) in [6, 6.07) is 10.7. The molecule has 0 saturated heterocycles. The van der Waals surface area contributed by atoms with Crippen molar-refractivity contribution in [2.24, 2.45) is 0 Å². The molecule has 1 aliphatic rings. The monoisotopic (exact) mass is 267 g/mol. The minimum absolute atomic E-state index is 0.790. The molecule has 3 aromatic rings. The van der Waals surface area contributed by atoms with E-state index in [4.69, 9.17) is 0 Å². The Balaban J connectivity index is 1.73. The number of aryl methyl sites for hydroxylation is 2. The van der Waals surface area contributed by atoms with E-state index in [2.05, 4.69) is 39.4 Å². The summed E-state index contributed by atoms with van der Waals surface area (Å²) < 4.78 is 0. The van der Waals surface area contributed by atoms with Crippen LogP contribution in [0, 0.1) is 0 Å². The van der Waals surface area contributed by atoms with Gasteiger partial charge >= 0.3 is 0 Å². The molecular formula is C15H13N3S. The van der Waals surface area contributed by atoms with Crippen LogP contribution in [0.3, 0.4) is 0 Å².